The molecule has 0 aliphatic rings. The van der Waals surface area contributed by atoms with Gasteiger partial charge in [0.25, 0.3) is 0 Å². The van der Waals surface area contributed by atoms with Gasteiger partial charge in [0, 0.05) is 39.9 Å². The minimum Gasteiger partial charge on any atom is -0.456 e. The fraction of sp³-hybridized carbons (Fsp3) is 0. The second-order valence-corrected chi connectivity index (χ2v) is 14.0. The van der Waals surface area contributed by atoms with Crippen LogP contribution in [0.4, 0.5) is 33.1 Å². The van der Waals surface area contributed by atoms with Gasteiger partial charge in [0.1, 0.15) is 38.2 Å². The van der Waals surface area contributed by atoms with Gasteiger partial charge in [0.15, 0.2) is 0 Å². The van der Waals surface area contributed by atoms with Crippen LogP contribution in [0.1, 0.15) is 0 Å². The molecule has 8 nitrogen and oxygen atoms in total. The van der Waals surface area contributed by atoms with Crippen LogP contribution in [-0.2, 0) is 0 Å². The van der Waals surface area contributed by atoms with E-state index in [1.165, 1.54) is 0 Å². The van der Waals surface area contributed by atoms with Crippen LogP contribution < -0.4 is 9.80 Å². The Kier molecular flexibility index (Phi) is 6.12. The van der Waals surface area contributed by atoms with Crippen molar-refractivity contribution < 1.29 is 13.3 Å². The summed E-state index contributed by atoms with van der Waals surface area (Å²) in [5.41, 5.74) is 6.08. The summed E-state index contributed by atoms with van der Waals surface area (Å²) >= 11 is 3.24. The summed E-state index contributed by atoms with van der Waals surface area (Å²) in [5, 5.41) is 12.0. The number of hydrogen-bond donors (Lipinski definition) is 0. The van der Waals surface area contributed by atoms with Crippen LogP contribution in [0.5, 0.6) is 0 Å². The fourth-order valence-corrected chi connectivity index (χ4v) is 8.38. The molecule has 11 aromatic rings. The smallest absolute Gasteiger partial charge is 0.238 e. The van der Waals surface area contributed by atoms with Crippen molar-refractivity contribution in [2.75, 3.05) is 9.80 Å². The largest absolute Gasteiger partial charge is 0.456 e. The molecule has 0 radical (unpaired) electrons. The summed E-state index contributed by atoms with van der Waals surface area (Å²) in [5.74, 6) is 1.20. The molecule has 0 spiro atoms. The predicted octanol–water partition coefficient (Wildman–Crippen LogP) is 12.6. The van der Waals surface area contributed by atoms with Gasteiger partial charge >= 0.3 is 0 Å². The highest BCUT2D eigenvalue weighted by Gasteiger charge is 2.22. The summed E-state index contributed by atoms with van der Waals surface area (Å²) < 4.78 is 18.9. The number of nitrogens with zero attached hydrogens (tertiary/aromatic N) is 5. The number of pyridine rings is 1. The van der Waals surface area contributed by atoms with E-state index in [1.54, 1.807) is 22.7 Å². The predicted molar refractivity (Wildman–Crippen MR) is 207 cm³/mol. The average molecular weight is 698 g/mol. The van der Waals surface area contributed by atoms with Gasteiger partial charge in [-0.2, -0.15) is 9.97 Å². The lowest BCUT2D eigenvalue weighted by molar-refractivity contribution is 0.639. The van der Waals surface area contributed by atoms with Gasteiger partial charge in [0.05, 0.1) is 22.1 Å². The van der Waals surface area contributed by atoms with E-state index in [9.17, 15) is 0 Å². The summed E-state index contributed by atoms with van der Waals surface area (Å²) in [6.07, 6.45) is 1.82. The molecule has 51 heavy (non-hydrogen) atoms. The quantitative estimate of drug-likeness (QED) is 0.170. The third kappa shape index (κ3) is 4.47. The number of fused-ring (bicyclic) bond motifs is 9. The highest BCUT2D eigenvalue weighted by Crippen LogP contribution is 2.42. The zero-order valence-corrected chi connectivity index (χ0v) is 28.2. The Hall–Kier alpha value is -6.49. The Bertz CT molecular complexity index is 2860. The van der Waals surface area contributed by atoms with Gasteiger partial charge in [-0.05, 0) is 83.6 Å². The van der Waals surface area contributed by atoms with E-state index in [1.807, 2.05) is 83.2 Å². The lowest BCUT2D eigenvalue weighted by Gasteiger charge is -2.22. The van der Waals surface area contributed by atoms with E-state index < -0.39 is 0 Å². The third-order valence-electron chi connectivity index (χ3n) is 9.19. The van der Waals surface area contributed by atoms with E-state index in [-0.39, 0.29) is 0 Å². The maximum atomic E-state index is 6.42. The molecule has 0 aliphatic heterocycles. The molecule has 0 saturated heterocycles. The van der Waals surface area contributed by atoms with Crippen molar-refractivity contribution in [3.63, 3.8) is 0 Å². The maximum Gasteiger partial charge on any atom is 0.238 e. The number of aromatic nitrogens is 3. The first-order chi connectivity index (χ1) is 25.2. The Morgan fingerprint density at radius 2 is 1.02 bits per heavy atom. The summed E-state index contributed by atoms with van der Waals surface area (Å²) in [7, 11) is 0. The van der Waals surface area contributed by atoms with Crippen molar-refractivity contribution in [2.24, 2.45) is 0 Å². The standard InChI is InChI=1S/C41H23N5O3S2/c1-3-9-32-26(7-1)28-15-13-24(21-34(28)47-32)45(37-11-5-19-50-37)36-18-17-30-31-23-42-41(44-40(31)49-39(30)43-36)46(38-12-6-20-51-38)25-14-16-29-27-8-2-4-10-33(27)48-35(29)22-25/h1-23H. The number of anilines is 6. The van der Waals surface area contributed by atoms with Gasteiger partial charge in [-0.3, -0.25) is 9.80 Å². The zero-order valence-electron chi connectivity index (χ0n) is 26.6. The minimum absolute atomic E-state index is 0.456. The van der Waals surface area contributed by atoms with Gasteiger partial charge in [-0.15, -0.1) is 22.7 Å². The van der Waals surface area contributed by atoms with E-state index >= 15 is 0 Å². The van der Waals surface area contributed by atoms with Crippen LogP contribution in [0.3, 0.4) is 0 Å². The van der Waals surface area contributed by atoms with E-state index in [4.69, 9.17) is 28.2 Å². The first-order valence-corrected chi connectivity index (χ1v) is 18.1. The maximum absolute atomic E-state index is 6.42. The molecule has 0 N–H and O–H groups in total. The molecular formula is C41H23N5O3S2. The van der Waals surface area contributed by atoms with Crippen LogP contribution in [-0.4, -0.2) is 15.0 Å². The lowest BCUT2D eigenvalue weighted by Crippen LogP contribution is -2.11. The molecule has 7 aromatic heterocycles. The molecule has 0 amide bonds. The monoisotopic (exact) mass is 697 g/mol. The summed E-state index contributed by atoms with van der Waals surface area (Å²) in [6.45, 7) is 0. The Labute approximate surface area is 297 Å². The van der Waals surface area contributed by atoms with Crippen LogP contribution in [0.2, 0.25) is 0 Å². The lowest BCUT2D eigenvalue weighted by atomic mass is 10.1. The van der Waals surface area contributed by atoms with Gasteiger partial charge < -0.3 is 13.3 Å². The normalized spacial score (nSPS) is 11.9. The number of furan rings is 3. The highest BCUT2D eigenvalue weighted by molar-refractivity contribution is 7.14. The van der Waals surface area contributed by atoms with Gasteiger partial charge in [0.2, 0.25) is 17.4 Å². The van der Waals surface area contributed by atoms with E-state index in [0.717, 1.165) is 76.0 Å². The number of benzene rings is 4. The molecular weight excluding hydrogens is 675 g/mol. The second kappa shape index (κ2) is 11.0. The first-order valence-electron chi connectivity index (χ1n) is 16.3. The summed E-state index contributed by atoms with van der Waals surface area (Å²) in [6, 6.07) is 40.9. The molecule has 7 heterocycles. The number of hydrogen-bond acceptors (Lipinski definition) is 10. The van der Waals surface area contributed by atoms with Gasteiger partial charge in [-0.1, -0.05) is 36.4 Å². The highest BCUT2D eigenvalue weighted by atomic mass is 32.1. The Morgan fingerprint density at radius 3 is 1.67 bits per heavy atom. The van der Waals surface area contributed by atoms with Crippen molar-refractivity contribution in [1.82, 2.24) is 15.0 Å². The molecule has 0 unspecified atom stereocenters. The van der Waals surface area contributed by atoms with Crippen molar-refractivity contribution in [2.45, 2.75) is 0 Å². The van der Waals surface area contributed by atoms with Crippen LogP contribution in [0, 0.1) is 0 Å². The topological polar surface area (TPSA) is 84.6 Å². The molecule has 0 bridgehead atoms. The number of rotatable bonds is 6. The molecule has 4 aromatic carbocycles. The molecule has 0 aliphatic carbocycles. The SMILES string of the molecule is c1csc(N(c2ccc3c(c2)oc2ccccc23)c2ccc3c(n2)oc2nc(N(c4ccc5c(c4)oc4ccccc45)c4cccs4)ncc23)c1. The average Bonchev–Trinajstić information content (AvgIpc) is 4.01. The van der Waals surface area contributed by atoms with Crippen molar-refractivity contribution in [3.8, 4) is 0 Å². The Morgan fingerprint density at radius 1 is 0.451 bits per heavy atom. The van der Waals surface area contributed by atoms with E-state index in [0.29, 0.717) is 23.2 Å². The first kappa shape index (κ1) is 28.4. The Balaban J connectivity index is 1.02. The fourth-order valence-electron chi connectivity index (χ4n) is 6.87. The van der Waals surface area contributed by atoms with Crippen LogP contribution >= 0.6 is 22.7 Å². The zero-order chi connectivity index (χ0) is 33.5. The van der Waals surface area contributed by atoms with Crippen LogP contribution in [0.25, 0.3) is 66.1 Å². The van der Waals surface area contributed by atoms with Gasteiger partial charge in [-0.25, -0.2) is 4.98 Å². The molecule has 10 heteroatoms. The van der Waals surface area contributed by atoms with Crippen molar-refractivity contribution in [1.29, 1.82) is 0 Å². The van der Waals surface area contributed by atoms with Crippen LogP contribution in [0.15, 0.2) is 152 Å². The number of thiophene rings is 2. The molecule has 0 saturated carbocycles. The molecule has 0 atom stereocenters. The van der Waals surface area contributed by atoms with Crippen molar-refractivity contribution in [3.05, 3.63) is 138 Å². The molecule has 0 fully saturated rings. The molecule has 242 valence electrons. The second-order valence-electron chi connectivity index (χ2n) is 12.1. The number of para-hydroxylation sites is 2. The summed E-state index contributed by atoms with van der Waals surface area (Å²) in [4.78, 5) is 19.0. The van der Waals surface area contributed by atoms with Crippen molar-refractivity contribution >= 4 is 122 Å². The minimum atomic E-state index is 0.456. The molecule has 11 rings (SSSR count). The third-order valence-corrected chi connectivity index (χ3v) is 10.9. The van der Waals surface area contributed by atoms with E-state index in [2.05, 4.69) is 64.9 Å².